The van der Waals surface area contributed by atoms with Gasteiger partial charge in [-0.2, -0.15) is 0 Å². The molecular formula is C10H16ClN3. The molecule has 0 aliphatic carbocycles. The molecule has 3 nitrogen and oxygen atoms in total. The Hall–Kier alpha value is -0.670. The molecule has 14 heavy (non-hydrogen) atoms. The van der Waals surface area contributed by atoms with Crippen molar-refractivity contribution in [2.24, 2.45) is 0 Å². The van der Waals surface area contributed by atoms with Crippen LogP contribution in [-0.2, 0) is 6.54 Å². The van der Waals surface area contributed by atoms with E-state index in [0.29, 0.717) is 11.2 Å². The second-order valence-corrected chi connectivity index (χ2v) is 3.87. The highest BCUT2D eigenvalue weighted by Gasteiger charge is 2.08. The number of aromatic nitrogens is 2. The molecule has 4 heteroatoms. The van der Waals surface area contributed by atoms with Crippen molar-refractivity contribution in [3.05, 3.63) is 23.2 Å². The lowest BCUT2D eigenvalue weighted by molar-refractivity contribution is 0.222. The van der Waals surface area contributed by atoms with Crippen molar-refractivity contribution < 1.29 is 0 Å². The van der Waals surface area contributed by atoms with Crippen molar-refractivity contribution in [2.75, 3.05) is 6.54 Å². The van der Waals surface area contributed by atoms with Gasteiger partial charge in [-0.1, -0.05) is 18.5 Å². The zero-order valence-electron chi connectivity index (χ0n) is 8.87. The van der Waals surface area contributed by atoms with Crippen molar-refractivity contribution in [3.63, 3.8) is 0 Å². The average molecular weight is 214 g/mol. The number of halogens is 1. The molecule has 0 bridgehead atoms. The average Bonchev–Trinajstić information content (AvgIpc) is 2.16. The fraction of sp³-hybridized carbons (Fsp3) is 0.600. The van der Waals surface area contributed by atoms with Crippen LogP contribution < -0.4 is 0 Å². The minimum absolute atomic E-state index is 0.446. The molecule has 0 saturated carbocycles. The fourth-order valence-corrected chi connectivity index (χ4v) is 1.39. The van der Waals surface area contributed by atoms with E-state index in [4.69, 9.17) is 11.6 Å². The second-order valence-electron chi connectivity index (χ2n) is 3.49. The Labute approximate surface area is 90.1 Å². The summed E-state index contributed by atoms with van der Waals surface area (Å²) in [4.78, 5) is 10.5. The molecule has 0 unspecified atom stereocenters. The molecule has 0 aliphatic rings. The van der Waals surface area contributed by atoms with E-state index in [-0.39, 0.29) is 0 Å². The lowest BCUT2D eigenvalue weighted by Gasteiger charge is -2.23. The third-order valence-electron chi connectivity index (χ3n) is 2.18. The normalized spacial score (nSPS) is 11.3. The number of hydrogen-bond donors (Lipinski definition) is 0. The van der Waals surface area contributed by atoms with Crippen molar-refractivity contribution in [3.8, 4) is 0 Å². The highest BCUT2D eigenvalue weighted by Crippen LogP contribution is 2.06. The van der Waals surface area contributed by atoms with Crippen molar-refractivity contribution in [1.82, 2.24) is 14.9 Å². The molecule has 0 aliphatic heterocycles. The Kier molecular flexibility index (Phi) is 4.29. The number of hydrogen-bond acceptors (Lipinski definition) is 3. The van der Waals surface area contributed by atoms with Crippen LogP contribution in [0.5, 0.6) is 0 Å². The Morgan fingerprint density at radius 2 is 2.07 bits per heavy atom. The summed E-state index contributed by atoms with van der Waals surface area (Å²) in [5.41, 5.74) is 0.963. The molecular weight excluding hydrogens is 198 g/mol. The van der Waals surface area contributed by atoms with Gasteiger partial charge in [-0.05, 0) is 20.4 Å². The summed E-state index contributed by atoms with van der Waals surface area (Å²) in [5, 5.41) is 0.446. The van der Waals surface area contributed by atoms with Crippen LogP contribution in [0.2, 0.25) is 5.15 Å². The van der Waals surface area contributed by atoms with Crippen molar-refractivity contribution in [2.45, 2.75) is 33.4 Å². The second kappa shape index (κ2) is 5.27. The van der Waals surface area contributed by atoms with Crippen molar-refractivity contribution >= 4 is 11.6 Å². The van der Waals surface area contributed by atoms with Crippen LogP contribution in [0, 0.1) is 0 Å². The quantitative estimate of drug-likeness (QED) is 0.769. The molecule has 78 valence electrons. The predicted octanol–water partition coefficient (Wildman–Crippen LogP) is 2.36. The van der Waals surface area contributed by atoms with E-state index < -0.39 is 0 Å². The van der Waals surface area contributed by atoms with Crippen LogP contribution in [-0.4, -0.2) is 27.5 Å². The van der Waals surface area contributed by atoms with Crippen molar-refractivity contribution in [1.29, 1.82) is 0 Å². The maximum absolute atomic E-state index is 5.66. The van der Waals surface area contributed by atoms with Crippen LogP contribution in [0.25, 0.3) is 0 Å². The van der Waals surface area contributed by atoms with E-state index >= 15 is 0 Å². The van der Waals surface area contributed by atoms with Crippen LogP contribution in [0.4, 0.5) is 0 Å². The first-order chi connectivity index (χ1) is 6.63. The highest BCUT2D eigenvalue weighted by atomic mass is 35.5. The summed E-state index contributed by atoms with van der Waals surface area (Å²) in [6, 6.07) is 0.525. The molecule has 0 spiro atoms. The maximum Gasteiger partial charge on any atom is 0.147 e. The van der Waals surface area contributed by atoms with Gasteiger partial charge in [0.15, 0.2) is 0 Å². The van der Waals surface area contributed by atoms with E-state index in [1.54, 1.807) is 12.4 Å². The van der Waals surface area contributed by atoms with E-state index in [1.807, 2.05) is 0 Å². The van der Waals surface area contributed by atoms with Crippen LogP contribution in [0.1, 0.15) is 26.5 Å². The van der Waals surface area contributed by atoms with Crippen LogP contribution in [0.15, 0.2) is 12.4 Å². The Morgan fingerprint density at radius 3 is 2.50 bits per heavy atom. The highest BCUT2D eigenvalue weighted by molar-refractivity contribution is 6.29. The van der Waals surface area contributed by atoms with Gasteiger partial charge in [0.2, 0.25) is 0 Å². The van der Waals surface area contributed by atoms with Gasteiger partial charge in [0.25, 0.3) is 0 Å². The summed E-state index contributed by atoms with van der Waals surface area (Å²) in [6.07, 6.45) is 3.32. The van der Waals surface area contributed by atoms with E-state index in [9.17, 15) is 0 Å². The fourth-order valence-electron chi connectivity index (χ4n) is 1.29. The monoisotopic (exact) mass is 213 g/mol. The minimum Gasteiger partial charge on any atom is -0.295 e. The molecule has 0 radical (unpaired) electrons. The van der Waals surface area contributed by atoms with Gasteiger partial charge < -0.3 is 0 Å². The van der Waals surface area contributed by atoms with Crippen LogP contribution >= 0.6 is 11.6 Å². The lowest BCUT2D eigenvalue weighted by Crippen LogP contribution is -2.30. The summed E-state index contributed by atoms with van der Waals surface area (Å²) in [7, 11) is 0. The van der Waals surface area contributed by atoms with Gasteiger partial charge in [0.05, 0.1) is 18.1 Å². The predicted molar refractivity (Wildman–Crippen MR) is 58.3 cm³/mol. The molecule has 0 fully saturated rings. The number of nitrogens with zero attached hydrogens (tertiary/aromatic N) is 3. The topological polar surface area (TPSA) is 29.0 Å². The van der Waals surface area contributed by atoms with Gasteiger partial charge in [-0.15, -0.1) is 0 Å². The smallest absolute Gasteiger partial charge is 0.147 e. The first kappa shape index (κ1) is 11.4. The number of rotatable bonds is 4. The lowest BCUT2D eigenvalue weighted by atomic mass is 10.3. The molecule has 0 aromatic carbocycles. The molecule has 1 rings (SSSR count). The Morgan fingerprint density at radius 1 is 1.36 bits per heavy atom. The van der Waals surface area contributed by atoms with Gasteiger partial charge >= 0.3 is 0 Å². The van der Waals surface area contributed by atoms with Crippen LogP contribution in [0.3, 0.4) is 0 Å². The summed E-state index contributed by atoms with van der Waals surface area (Å²) >= 11 is 5.66. The third kappa shape index (κ3) is 3.24. The van der Waals surface area contributed by atoms with Gasteiger partial charge in [0.1, 0.15) is 5.15 Å². The molecule has 1 aromatic rings. The SMILES string of the molecule is CCN(Cc1cnc(Cl)cn1)C(C)C. The van der Waals surface area contributed by atoms with E-state index in [2.05, 4.69) is 35.6 Å². The zero-order chi connectivity index (χ0) is 10.6. The zero-order valence-corrected chi connectivity index (χ0v) is 9.62. The van der Waals surface area contributed by atoms with Gasteiger partial charge in [0, 0.05) is 12.6 Å². The molecule has 0 amide bonds. The molecule has 0 N–H and O–H groups in total. The molecule has 1 aromatic heterocycles. The maximum atomic E-state index is 5.66. The standard InChI is InChI=1S/C10H16ClN3/c1-4-14(8(2)3)7-9-5-13-10(11)6-12-9/h5-6,8H,4,7H2,1-3H3. The summed E-state index contributed by atoms with van der Waals surface area (Å²) in [6.45, 7) is 8.34. The minimum atomic E-state index is 0.446. The van der Waals surface area contributed by atoms with E-state index in [0.717, 1.165) is 18.8 Å². The molecule has 0 atom stereocenters. The summed E-state index contributed by atoms with van der Waals surface area (Å²) < 4.78 is 0. The van der Waals surface area contributed by atoms with Gasteiger partial charge in [-0.3, -0.25) is 9.88 Å². The Bertz CT molecular complexity index is 271. The Balaban J connectivity index is 2.63. The first-order valence-corrected chi connectivity index (χ1v) is 5.21. The third-order valence-corrected chi connectivity index (χ3v) is 2.37. The van der Waals surface area contributed by atoms with Gasteiger partial charge in [-0.25, -0.2) is 4.98 Å². The first-order valence-electron chi connectivity index (χ1n) is 4.84. The summed E-state index contributed by atoms with van der Waals surface area (Å²) in [5.74, 6) is 0. The van der Waals surface area contributed by atoms with E-state index in [1.165, 1.54) is 0 Å². The largest absolute Gasteiger partial charge is 0.295 e. The molecule has 1 heterocycles. The molecule has 0 saturated heterocycles.